The zero-order valence-corrected chi connectivity index (χ0v) is 12.3. The number of hydrogen-bond acceptors (Lipinski definition) is 0. The Balaban J connectivity index is -0.0000000289. The van der Waals surface area contributed by atoms with Crippen LogP contribution in [-0.4, -0.2) is 0 Å². The molecule has 0 atom stereocenters. The number of hydrogen-bond donors (Lipinski definition) is 0. The van der Waals surface area contributed by atoms with Crippen LogP contribution in [0.5, 0.6) is 0 Å². The van der Waals surface area contributed by atoms with Crippen molar-refractivity contribution in [2.45, 2.75) is 61.3 Å². The molecule has 0 saturated carbocycles. The van der Waals surface area contributed by atoms with E-state index in [-0.39, 0.29) is 0 Å². The monoisotopic (exact) mass is 214 g/mol. The van der Waals surface area contributed by atoms with Crippen LogP contribution in [0.1, 0.15) is 61.3 Å². The zero-order valence-electron chi connectivity index (χ0n) is 12.3. The second-order valence-electron chi connectivity index (χ2n) is 1.80. The number of rotatable bonds is 2. The van der Waals surface area contributed by atoms with Crippen molar-refractivity contribution in [2.24, 2.45) is 0 Å². The molecule has 0 saturated heterocycles. The Kier molecular flexibility index (Phi) is 216. The summed E-state index contributed by atoms with van der Waals surface area (Å²) in [7, 11) is 0. The van der Waals surface area contributed by atoms with E-state index in [4.69, 9.17) is 0 Å². The van der Waals surface area contributed by atoms with Gasteiger partial charge in [-0.25, -0.2) is 0 Å². The molecule has 0 amide bonds. The molecule has 0 unspecified atom stereocenters. The lowest BCUT2D eigenvalue weighted by atomic mass is 10.5. The fourth-order valence-corrected chi connectivity index (χ4v) is 0. The van der Waals surface area contributed by atoms with Crippen LogP contribution in [0.4, 0.5) is 0 Å². The Labute approximate surface area is 99.8 Å². The van der Waals surface area contributed by atoms with E-state index in [0.717, 1.165) is 12.8 Å². The lowest BCUT2D eigenvalue weighted by molar-refractivity contribution is 1.23. The molecule has 94 valence electrons. The zero-order chi connectivity index (χ0) is 13.5. The summed E-state index contributed by atoms with van der Waals surface area (Å²) in [5.41, 5.74) is 0. The minimum atomic E-state index is 1.08. The van der Waals surface area contributed by atoms with Crippen molar-refractivity contribution >= 4 is 0 Å². The van der Waals surface area contributed by atoms with Gasteiger partial charge in [0.2, 0.25) is 0 Å². The molecule has 0 heterocycles. The average Bonchev–Trinajstić information content (AvgIpc) is 2.35. The van der Waals surface area contributed by atoms with Crippen LogP contribution in [0.3, 0.4) is 0 Å². The fourth-order valence-electron chi connectivity index (χ4n) is 0. The van der Waals surface area contributed by atoms with Crippen molar-refractivity contribution in [3.05, 3.63) is 38.0 Å². The molecule has 0 aliphatic rings. The van der Waals surface area contributed by atoms with E-state index in [0.29, 0.717) is 0 Å². The minimum absolute atomic E-state index is 1.08. The number of allylic oxidation sites excluding steroid dienone is 3. The van der Waals surface area contributed by atoms with Crippen molar-refractivity contribution in [1.82, 2.24) is 0 Å². The molecule has 0 nitrogen and oxygen atoms in total. The molecule has 0 N–H and O–H groups in total. The Bertz CT molecular complexity index is 62.1. The van der Waals surface area contributed by atoms with Crippen LogP contribution >= 0.6 is 0 Å². The second-order valence-corrected chi connectivity index (χ2v) is 1.80. The fraction of sp³-hybridized carbons (Fsp3) is 0.600. The van der Waals surface area contributed by atoms with Gasteiger partial charge in [0.05, 0.1) is 0 Å². The summed E-state index contributed by atoms with van der Waals surface area (Å²) in [5.74, 6) is 0. The molecule has 0 aromatic rings. The Hall–Kier alpha value is -0.780. The van der Waals surface area contributed by atoms with Crippen molar-refractivity contribution in [2.75, 3.05) is 0 Å². The highest BCUT2D eigenvalue weighted by atomic mass is 13.5. The topological polar surface area (TPSA) is 0 Å². The van der Waals surface area contributed by atoms with Crippen LogP contribution < -0.4 is 0 Å². The molecule has 15 heavy (non-hydrogen) atoms. The van der Waals surface area contributed by atoms with Crippen molar-refractivity contribution in [3.8, 4) is 0 Å². The third kappa shape index (κ3) is 1120. The van der Waals surface area contributed by atoms with Gasteiger partial charge in [0.1, 0.15) is 0 Å². The van der Waals surface area contributed by atoms with Gasteiger partial charge in [0.25, 0.3) is 0 Å². The first-order valence-corrected chi connectivity index (χ1v) is 6.03. The van der Waals surface area contributed by atoms with Crippen LogP contribution in [-0.2, 0) is 0 Å². The minimum Gasteiger partial charge on any atom is -0.103 e. The van der Waals surface area contributed by atoms with Gasteiger partial charge >= 0.3 is 0 Å². The lowest BCUT2D eigenvalue weighted by Gasteiger charge is -1.57. The predicted molar refractivity (Wildman–Crippen MR) is 79.5 cm³/mol. The molecule has 0 bridgehead atoms. The SMILES string of the molecule is C=CC.C=CCC.C=CCC.CC.CC. The molecule has 0 aliphatic carbocycles. The quantitative estimate of drug-likeness (QED) is 0.466. The van der Waals surface area contributed by atoms with Gasteiger partial charge in [0, 0.05) is 0 Å². The van der Waals surface area contributed by atoms with Gasteiger partial charge < -0.3 is 0 Å². The largest absolute Gasteiger partial charge is 0.103 e. The third-order valence-electron chi connectivity index (χ3n) is 0.577. The maximum absolute atomic E-state index is 3.48. The summed E-state index contributed by atoms with van der Waals surface area (Å²) in [6.45, 7) is 24.3. The molecular formula is C15H34. The molecule has 0 aliphatic heterocycles. The predicted octanol–water partition coefficient (Wildman–Crippen LogP) is 6.41. The summed E-state index contributed by atoms with van der Waals surface area (Å²) in [6, 6.07) is 0. The molecule has 0 spiro atoms. The first-order valence-electron chi connectivity index (χ1n) is 6.03. The van der Waals surface area contributed by atoms with Crippen molar-refractivity contribution < 1.29 is 0 Å². The molecule has 0 radical (unpaired) electrons. The van der Waals surface area contributed by atoms with Crippen LogP contribution in [0.2, 0.25) is 0 Å². The molecule has 0 fully saturated rings. The molecule has 0 rings (SSSR count). The van der Waals surface area contributed by atoms with E-state index in [1.165, 1.54) is 0 Å². The summed E-state index contributed by atoms with van der Waals surface area (Å²) >= 11 is 0. The van der Waals surface area contributed by atoms with Crippen molar-refractivity contribution in [3.63, 3.8) is 0 Å². The van der Waals surface area contributed by atoms with E-state index in [1.54, 1.807) is 6.08 Å². The van der Waals surface area contributed by atoms with Gasteiger partial charge in [-0.1, -0.05) is 59.8 Å². The molecule has 0 heteroatoms. The maximum Gasteiger partial charge on any atom is -0.0382 e. The van der Waals surface area contributed by atoms with Gasteiger partial charge in [-0.05, 0) is 19.8 Å². The highest BCUT2D eigenvalue weighted by molar-refractivity contribution is 4.60. The summed E-state index contributed by atoms with van der Waals surface area (Å²) < 4.78 is 0. The van der Waals surface area contributed by atoms with Gasteiger partial charge in [0.15, 0.2) is 0 Å². The van der Waals surface area contributed by atoms with E-state index in [1.807, 2.05) is 46.8 Å². The second kappa shape index (κ2) is 111. The Morgan fingerprint density at radius 3 is 0.800 bits per heavy atom. The smallest absolute Gasteiger partial charge is 0.0382 e. The van der Waals surface area contributed by atoms with Crippen LogP contribution in [0, 0.1) is 0 Å². The maximum atomic E-state index is 3.48. The Morgan fingerprint density at radius 1 is 0.733 bits per heavy atom. The lowest BCUT2D eigenvalue weighted by Crippen LogP contribution is -1.36. The van der Waals surface area contributed by atoms with E-state index < -0.39 is 0 Å². The highest BCUT2D eigenvalue weighted by Crippen LogP contribution is 1.66. The average molecular weight is 214 g/mol. The van der Waals surface area contributed by atoms with Crippen molar-refractivity contribution in [1.29, 1.82) is 0 Å². The van der Waals surface area contributed by atoms with Crippen LogP contribution in [0.15, 0.2) is 38.0 Å². The van der Waals surface area contributed by atoms with Gasteiger partial charge in [-0.3, -0.25) is 0 Å². The summed E-state index contributed by atoms with van der Waals surface area (Å²) in [4.78, 5) is 0. The molecular weight excluding hydrogens is 180 g/mol. The summed E-state index contributed by atoms with van der Waals surface area (Å²) in [6.07, 6.45) is 7.67. The first-order chi connectivity index (χ1) is 7.24. The third-order valence-corrected chi connectivity index (χ3v) is 0.577. The highest BCUT2D eigenvalue weighted by Gasteiger charge is 1.45. The van der Waals surface area contributed by atoms with E-state index in [9.17, 15) is 0 Å². The van der Waals surface area contributed by atoms with Crippen LogP contribution in [0.25, 0.3) is 0 Å². The molecule has 0 aromatic heterocycles. The molecule has 0 aromatic carbocycles. The van der Waals surface area contributed by atoms with Gasteiger partial charge in [-0.15, -0.1) is 19.7 Å². The van der Waals surface area contributed by atoms with E-state index >= 15 is 0 Å². The summed E-state index contributed by atoms with van der Waals surface area (Å²) in [5, 5.41) is 0. The Morgan fingerprint density at radius 2 is 0.800 bits per heavy atom. The first kappa shape index (κ1) is 29.2. The normalized spacial score (nSPS) is 5.00. The van der Waals surface area contributed by atoms with Gasteiger partial charge in [-0.2, -0.15) is 0 Å². The van der Waals surface area contributed by atoms with E-state index in [2.05, 4.69) is 33.6 Å². The standard InChI is InChI=1S/2C4H8.C3H6.2C2H6/c2*1-3-4-2;1-3-2;2*1-2/h2*3H,1,4H2,2H3;3H,1H2,2H3;2*1-2H3.